The summed E-state index contributed by atoms with van der Waals surface area (Å²) < 4.78 is 11.2. The van der Waals surface area contributed by atoms with Crippen LogP contribution in [0.3, 0.4) is 0 Å². The first-order valence-corrected chi connectivity index (χ1v) is 12.2. The monoisotopic (exact) mass is 488 g/mol. The number of allylic oxidation sites excluding steroid dienone is 1. The first-order chi connectivity index (χ1) is 17.4. The maximum atomic E-state index is 13.3. The van der Waals surface area contributed by atoms with E-state index in [1.54, 1.807) is 12.0 Å². The molecule has 2 aromatic carbocycles. The number of anilines is 2. The van der Waals surface area contributed by atoms with Crippen molar-refractivity contribution >= 4 is 23.1 Å². The zero-order valence-corrected chi connectivity index (χ0v) is 21.1. The number of ether oxygens (including phenoxy) is 2. The first kappa shape index (κ1) is 25.3. The third kappa shape index (κ3) is 5.21. The average Bonchev–Trinajstić information content (AvgIpc) is 3.50. The first-order valence-electron chi connectivity index (χ1n) is 12.2. The van der Waals surface area contributed by atoms with Gasteiger partial charge < -0.3 is 24.2 Å². The Bertz CT molecular complexity index is 1170. The predicted octanol–water partition coefficient (Wildman–Crippen LogP) is 3.87. The highest BCUT2D eigenvalue weighted by molar-refractivity contribution is 6.03. The predicted molar refractivity (Wildman–Crippen MR) is 138 cm³/mol. The van der Waals surface area contributed by atoms with Gasteiger partial charge in [-0.1, -0.05) is 30.3 Å². The summed E-state index contributed by atoms with van der Waals surface area (Å²) in [7, 11) is 5.28. The Morgan fingerprint density at radius 3 is 2.36 bits per heavy atom. The number of carbonyl (C=O) groups is 2. The Morgan fingerprint density at radius 2 is 1.75 bits per heavy atom. The van der Waals surface area contributed by atoms with Gasteiger partial charge in [0.2, 0.25) is 5.91 Å². The Kier molecular flexibility index (Phi) is 7.91. The number of hydrogen-bond acceptors (Lipinski definition) is 7. The quantitative estimate of drug-likeness (QED) is 0.391. The van der Waals surface area contributed by atoms with E-state index in [2.05, 4.69) is 6.07 Å². The molecule has 1 amide bonds. The molecular formula is C28H32N4O4. The van der Waals surface area contributed by atoms with Crippen molar-refractivity contribution in [3.63, 3.8) is 0 Å². The normalized spacial score (nSPS) is 16.5. The summed E-state index contributed by atoms with van der Waals surface area (Å²) in [5, 5.41) is 9.88. The van der Waals surface area contributed by atoms with E-state index in [1.807, 2.05) is 72.4 Å². The molecule has 188 valence electrons. The minimum absolute atomic E-state index is 0.0134. The second-order valence-corrected chi connectivity index (χ2v) is 9.06. The van der Waals surface area contributed by atoms with E-state index in [-0.39, 0.29) is 36.2 Å². The lowest BCUT2D eigenvalue weighted by molar-refractivity contribution is -0.134. The number of ketones is 1. The second-order valence-electron chi connectivity index (χ2n) is 9.06. The van der Waals surface area contributed by atoms with Gasteiger partial charge in [-0.3, -0.25) is 9.59 Å². The van der Waals surface area contributed by atoms with Gasteiger partial charge in [-0.05, 0) is 31.0 Å². The molecule has 0 aliphatic carbocycles. The third-order valence-corrected chi connectivity index (χ3v) is 6.77. The van der Waals surface area contributed by atoms with Gasteiger partial charge >= 0.3 is 0 Å². The summed E-state index contributed by atoms with van der Waals surface area (Å²) in [5.41, 5.74) is 2.79. The van der Waals surface area contributed by atoms with Gasteiger partial charge in [-0.2, -0.15) is 5.26 Å². The van der Waals surface area contributed by atoms with Crippen LogP contribution in [0.4, 0.5) is 11.4 Å². The highest BCUT2D eigenvalue weighted by atomic mass is 16.5. The summed E-state index contributed by atoms with van der Waals surface area (Å²) in [6.07, 6.45) is 1.83. The number of carbonyl (C=O) groups excluding carboxylic acids is 2. The van der Waals surface area contributed by atoms with Crippen LogP contribution in [-0.2, 0) is 20.9 Å². The fourth-order valence-corrected chi connectivity index (χ4v) is 4.89. The molecule has 36 heavy (non-hydrogen) atoms. The number of nitriles is 1. The van der Waals surface area contributed by atoms with Gasteiger partial charge in [0.15, 0.2) is 5.78 Å². The van der Waals surface area contributed by atoms with Crippen LogP contribution in [0.5, 0.6) is 5.75 Å². The van der Waals surface area contributed by atoms with Crippen LogP contribution >= 0.6 is 0 Å². The van der Waals surface area contributed by atoms with E-state index in [0.717, 1.165) is 29.8 Å². The van der Waals surface area contributed by atoms with Gasteiger partial charge in [0.05, 0.1) is 24.6 Å². The van der Waals surface area contributed by atoms with Crippen molar-refractivity contribution in [1.29, 1.82) is 5.26 Å². The molecule has 0 saturated carbocycles. The van der Waals surface area contributed by atoms with Crippen molar-refractivity contribution in [3.8, 4) is 11.8 Å². The van der Waals surface area contributed by atoms with Crippen LogP contribution in [-0.4, -0.2) is 57.1 Å². The fraction of sp³-hybridized carbons (Fsp3) is 0.393. The lowest BCUT2D eigenvalue weighted by Gasteiger charge is -2.26. The zero-order chi connectivity index (χ0) is 25.7. The molecule has 1 unspecified atom stereocenters. The van der Waals surface area contributed by atoms with E-state index in [0.29, 0.717) is 31.3 Å². The number of benzene rings is 2. The minimum atomic E-state index is -0.346. The number of amides is 1. The highest BCUT2D eigenvalue weighted by Gasteiger charge is 2.32. The largest absolute Gasteiger partial charge is 0.496 e. The number of para-hydroxylation sites is 3. The summed E-state index contributed by atoms with van der Waals surface area (Å²) in [5.74, 6) is 0.744. The van der Waals surface area contributed by atoms with Gasteiger partial charge in [0.25, 0.3) is 0 Å². The lowest BCUT2D eigenvalue weighted by atomic mass is 10.1. The highest BCUT2D eigenvalue weighted by Crippen LogP contribution is 2.40. The Balaban J connectivity index is 1.49. The van der Waals surface area contributed by atoms with E-state index < -0.39 is 0 Å². The van der Waals surface area contributed by atoms with Crippen molar-refractivity contribution in [2.45, 2.75) is 38.3 Å². The molecule has 1 atom stereocenters. The molecule has 2 heterocycles. The van der Waals surface area contributed by atoms with Gasteiger partial charge in [0, 0.05) is 52.2 Å². The Morgan fingerprint density at radius 1 is 1.08 bits per heavy atom. The lowest BCUT2D eigenvalue weighted by Crippen LogP contribution is -2.37. The van der Waals surface area contributed by atoms with Gasteiger partial charge in [-0.25, -0.2) is 0 Å². The summed E-state index contributed by atoms with van der Waals surface area (Å²) in [4.78, 5) is 32.0. The number of nitrogens with zero attached hydrogens (tertiary/aromatic N) is 4. The summed E-state index contributed by atoms with van der Waals surface area (Å²) in [6.45, 7) is 1.52. The molecule has 0 aromatic heterocycles. The molecule has 2 aromatic rings. The number of Topliss-reactive ketones (excluding diaryl/α,β-unsaturated/α-hetero) is 1. The molecule has 0 radical (unpaired) electrons. The standard InChI is InChI=1S/C28H32N4O4/c1-30-23-11-5-6-12-24(23)31(2)28(30)22(17-29)25(33)14-15-27(34)32(19-21-10-8-16-36-21)18-20-9-4-7-13-26(20)35-3/h4-7,9,11-13,21H,8,10,14-16,18-19H2,1-3H3. The smallest absolute Gasteiger partial charge is 0.223 e. The topological polar surface area (TPSA) is 86.1 Å². The van der Waals surface area contributed by atoms with Crippen molar-refractivity contribution in [1.82, 2.24) is 4.90 Å². The second kappa shape index (κ2) is 11.3. The van der Waals surface area contributed by atoms with Crippen molar-refractivity contribution in [2.75, 3.05) is 44.2 Å². The molecule has 4 rings (SSSR count). The molecule has 0 bridgehead atoms. The van der Waals surface area contributed by atoms with E-state index in [9.17, 15) is 14.9 Å². The van der Waals surface area contributed by atoms with Crippen LogP contribution in [0.15, 0.2) is 59.9 Å². The van der Waals surface area contributed by atoms with E-state index in [1.165, 1.54) is 0 Å². The molecule has 8 nitrogen and oxygen atoms in total. The van der Waals surface area contributed by atoms with Gasteiger partial charge in [-0.15, -0.1) is 0 Å². The molecule has 2 aliphatic heterocycles. The van der Waals surface area contributed by atoms with Crippen molar-refractivity contribution in [2.24, 2.45) is 0 Å². The summed E-state index contributed by atoms with van der Waals surface area (Å²) in [6, 6.07) is 17.4. The van der Waals surface area contributed by atoms with Crippen molar-refractivity contribution < 1.29 is 19.1 Å². The number of rotatable bonds is 9. The minimum Gasteiger partial charge on any atom is -0.496 e. The molecule has 1 saturated heterocycles. The molecule has 2 aliphatic rings. The molecular weight excluding hydrogens is 456 g/mol. The Labute approximate surface area is 212 Å². The molecule has 0 N–H and O–H groups in total. The fourth-order valence-electron chi connectivity index (χ4n) is 4.89. The summed E-state index contributed by atoms with van der Waals surface area (Å²) >= 11 is 0. The molecule has 0 spiro atoms. The molecule has 1 fully saturated rings. The van der Waals surface area contributed by atoms with Gasteiger partial charge in [0.1, 0.15) is 23.2 Å². The van der Waals surface area contributed by atoms with E-state index in [4.69, 9.17) is 9.47 Å². The van der Waals surface area contributed by atoms with Crippen LogP contribution in [0.25, 0.3) is 0 Å². The van der Waals surface area contributed by atoms with Crippen LogP contribution < -0.4 is 14.5 Å². The zero-order valence-electron chi connectivity index (χ0n) is 21.1. The van der Waals surface area contributed by atoms with Crippen LogP contribution in [0.1, 0.15) is 31.2 Å². The average molecular weight is 489 g/mol. The number of hydrogen-bond donors (Lipinski definition) is 0. The van der Waals surface area contributed by atoms with Crippen LogP contribution in [0, 0.1) is 11.3 Å². The molecule has 8 heteroatoms. The number of methoxy groups -OCH3 is 1. The SMILES string of the molecule is COc1ccccc1CN(CC1CCCO1)C(=O)CCC(=O)C(C#N)=C1N(C)c2ccccc2N1C. The van der Waals surface area contributed by atoms with Crippen LogP contribution in [0.2, 0.25) is 0 Å². The van der Waals surface area contributed by atoms with Crippen molar-refractivity contribution in [3.05, 3.63) is 65.5 Å². The maximum absolute atomic E-state index is 13.3. The Hall–Kier alpha value is -3.83. The third-order valence-electron chi connectivity index (χ3n) is 6.77. The maximum Gasteiger partial charge on any atom is 0.223 e. The number of fused-ring (bicyclic) bond motifs is 1. The van der Waals surface area contributed by atoms with E-state index >= 15 is 0 Å².